The van der Waals surface area contributed by atoms with Crippen LogP contribution in [-0.4, -0.2) is 104 Å². The monoisotopic (exact) mass is 670 g/mol. The summed E-state index contributed by atoms with van der Waals surface area (Å²) in [5, 5.41) is 0. The predicted molar refractivity (Wildman–Crippen MR) is 195 cm³/mol. The van der Waals surface area contributed by atoms with Crippen molar-refractivity contribution in [2.45, 2.75) is 75.5 Å². The van der Waals surface area contributed by atoms with E-state index >= 15 is 0 Å². The second-order valence-corrected chi connectivity index (χ2v) is 14.9. The number of likely N-dealkylation sites (tertiary alicyclic amines) is 4. The lowest BCUT2D eigenvalue weighted by Gasteiger charge is -2.29. The molecule has 4 aliphatic heterocycles. The van der Waals surface area contributed by atoms with Crippen LogP contribution >= 0.6 is 0 Å². The Morgan fingerprint density at radius 1 is 0.560 bits per heavy atom. The number of H-pyrrole nitrogens is 2. The lowest BCUT2D eigenvalue weighted by Crippen LogP contribution is -2.44. The van der Waals surface area contributed by atoms with Crippen LogP contribution in [0.5, 0.6) is 0 Å². The third kappa shape index (κ3) is 5.49. The van der Waals surface area contributed by atoms with Crippen molar-refractivity contribution in [2.75, 3.05) is 40.3 Å². The molecule has 0 saturated carbocycles. The Labute approximate surface area is 292 Å². The minimum Gasteiger partial charge on any atom is -0.340 e. The third-order valence-electron chi connectivity index (χ3n) is 11.9. The molecule has 2 N–H and O–H groups in total. The van der Waals surface area contributed by atoms with Gasteiger partial charge in [0.25, 0.3) is 0 Å². The van der Waals surface area contributed by atoms with Gasteiger partial charge in [0.15, 0.2) is 0 Å². The highest BCUT2D eigenvalue weighted by atomic mass is 16.2. The molecule has 0 radical (unpaired) electrons. The summed E-state index contributed by atoms with van der Waals surface area (Å²) in [5.41, 5.74) is 8.38. The van der Waals surface area contributed by atoms with Crippen LogP contribution in [0.2, 0.25) is 0 Å². The topological polar surface area (TPSA) is 104 Å². The van der Waals surface area contributed by atoms with Gasteiger partial charge in [-0.2, -0.15) is 0 Å². The maximum atomic E-state index is 13.5. The van der Waals surface area contributed by atoms with Gasteiger partial charge in [0.05, 0.1) is 46.2 Å². The van der Waals surface area contributed by atoms with Crippen molar-refractivity contribution < 1.29 is 9.59 Å². The fraction of sp³-hybridized carbons (Fsp3) is 0.450. The molecule has 258 valence electrons. The Balaban J connectivity index is 0.918. The summed E-state index contributed by atoms with van der Waals surface area (Å²) in [6, 6.07) is 21.5. The van der Waals surface area contributed by atoms with Crippen molar-refractivity contribution >= 4 is 33.9 Å². The second kappa shape index (κ2) is 12.7. The number of amides is 2. The minimum atomic E-state index is -0.00281. The number of hydrogen-bond donors (Lipinski definition) is 2. The first kappa shape index (κ1) is 31.4. The number of carbonyl (C=O) groups excluding carboxylic acids is 2. The fourth-order valence-electron chi connectivity index (χ4n) is 9.05. The smallest absolute Gasteiger partial charge is 0.240 e. The molecule has 0 spiro atoms. The van der Waals surface area contributed by atoms with E-state index in [0.717, 1.165) is 134 Å². The number of hydrogen-bond acceptors (Lipinski definition) is 6. The van der Waals surface area contributed by atoms with Gasteiger partial charge >= 0.3 is 0 Å². The summed E-state index contributed by atoms with van der Waals surface area (Å²) in [7, 11) is 4.13. The summed E-state index contributed by atoms with van der Waals surface area (Å²) in [5.74, 6) is 2.29. The molecule has 2 unspecified atom stereocenters. The molecule has 5 aromatic rings. The number of likely N-dealkylation sites (N-methyl/N-ethyl adjacent to an activating group) is 2. The average Bonchev–Trinajstić information content (AvgIpc) is 3.98. The molecule has 4 atom stereocenters. The fourth-order valence-corrected chi connectivity index (χ4v) is 9.05. The molecule has 4 fully saturated rings. The van der Waals surface area contributed by atoms with E-state index < -0.39 is 0 Å². The molecule has 10 nitrogen and oxygen atoms in total. The Bertz CT molecular complexity index is 1920. The maximum Gasteiger partial charge on any atom is 0.240 e. The maximum absolute atomic E-state index is 13.5. The van der Waals surface area contributed by atoms with Crippen LogP contribution < -0.4 is 0 Å². The lowest BCUT2D eigenvalue weighted by atomic mass is 10.00. The first-order chi connectivity index (χ1) is 24.4. The van der Waals surface area contributed by atoms with E-state index in [1.807, 2.05) is 0 Å². The molecule has 9 rings (SSSR count). The van der Waals surface area contributed by atoms with E-state index in [9.17, 15) is 9.59 Å². The second-order valence-electron chi connectivity index (χ2n) is 14.9. The molecule has 50 heavy (non-hydrogen) atoms. The van der Waals surface area contributed by atoms with Crippen molar-refractivity contribution in [3.05, 3.63) is 72.3 Å². The zero-order valence-electron chi connectivity index (χ0n) is 29.1. The van der Waals surface area contributed by atoms with Gasteiger partial charge in [0.2, 0.25) is 11.8 Å². The van der Waals surface area contributed by atoms with Gasteiger partial charge in [0.1, 0.15) is 11.6 Å². The van der Waals surface area contributed by atoms with Crippen LogP contribution in [0.25, 0.3) is 44.3 Å². The van der Waals surface area contributed by atoms with Gasteiger partial charge in [0, 0.05) is 13.1 Å². The van der Waals surface area contributed by atoms with E-state index in [0.29, 0.717) is 0 Å². The molecule has 2 aromatic heterocycles. The summed E-state index contributed by atoms with van der Waals surface area (Å²) in [6.45, 7) is 3.59. The van der Waals surface area contributed by atoms with E-state index in [2.05, 4.69) is 104 Å². The molecule has 10 heteroatoms. The van der Waals surface area contributed by atoms with Crippen LogP contribution in [-0.2, 0) is 9.59 Å². The van der Waals surface area contributed by atoms with E-state index in [-0.39, 0.29) is 36.0 Å². The molecule has 4 aliphatic rings. The summed E-state index contributed by atoms with van der Waals surface area (Å²) >= 11 is 0. The van der Waals surface area contributed by atoms with Gasteiger partial charge < -0.3 is 19.8 Å². The van der Waals surface area contributed by atoms with Gasteiger partial charge in [-0.25, -0.2) is 9.97 Å². The standard InChI is InChI=1S/C40H46N8O2/c1-45-19-3-9-35(45)39(49)47-21-5-7-33(47)37-41-29-17-15-27(23-31(29)43-37)25-11-13-26(14-12-25)28-16-18-30-32(24-28)44-38(42-30)34-8-6-22-48(34)40(50)36-10-4-20-46(36)2/h11-18,23-24,33-36H,3-10,19-22H2,1-2H3,(H,41,43)(H,42,44)/t33-,34-,35?,36?/m1/s1. The SMILES string of the molecule is CN1CCCC1C(=O)N1CCC[C@@H]1c1nc2ccc(-c3ccc(-c4ccc5nc([C@H]6CCCN6C(=O)C6CCCN6C)[nH]c5c4)cc3)cc2[nH]1. The van der Waals surface area contributed by atoms with E-state index in [1.54, 1.807) is 0 Å². The quantitative estimate of drug-likeness (QED) is 0.220. The van der Waals surface area contributed by atoms with Crippen LogP contribution in [0.15, 0.2) is 60.7 Å². The highest BCUT2D eigenvalue weighted by molar-refractivity contribution is 5.86. The Morgan fingerprint density at radius 2 is 0.960 bits per heavy atom. The third-order valence-corrected chi connectivity index (χ3v) is 11.9. The van der Waals surface area contributed by atoms with Gasteiger partial charge in [-0.15, -0.1) is 0 Å². The van der Waals surface area contributed by atoms with Crippen LogP contribution in [0.1, 0.15) is 75.1 Å². The van der Waals surface area contributed by atoms with Gasteiger partial charge in [-0.1, -0.05) is 36.4 Å². The molecular weight excluding hydrogens is 624 g/mol. The van der Waals surface area contributed by atoms with Crippen molar-refractivity contribution in [1.82, 2.24) is 39.5 Å². The zero-order valence-corrected chi connectivity index (χ0v) is 29.1. The lowest BCUT2D eigenvalue weighted by molar-refractivity contribution is -0.137. The van der Waals surface area contributed by atoms with Crippen molar-refractivity contribution in [3.63, 3.8) is 0 Å². The highest BCUT2D eigenvalue weighted by Gasteiger charge is 2.40. The van der Waals surface area contributed by atoms with E-state index in [1.165, 1.54) is 0 Å². The average molecular weight is 671 g/mol. The number of aromatic amines is 2. The molecule has 3 aromatic carbocycles. The number of nitrogens with one attached hydrogen (secondary N) is 2. The number of aromatic nitrogens is 4. The Kier molecular flexibility index (Phi) is 7.96. The highest BCUT2D eigenvalue weighted by Crippen LogP contribution is 2.36. The molecule has 0 aliphatic carbocycles. The van der Waals surface area contributed by atoms with Crippen molar-refractivity contribution in [1.29, 1.82) is 0 Å². The first-order valence-corrected chi connectivity index (χ1v) is 18.5. The van der Waals surface area contributed by atoms with Crippen LogP contribution in [0.3, 0.4) is 0 Å². The van der Waals surface area contributed by atoms with Gasteiger partial charge in [-0.05, 0) is 125 Å². The summed E-state index contributed by atoms with van der Waals surface area (Å²) < 4.78 is 0. The predicted octanol–water partition coefficient (Wildman–Crippen LogP) is 6.29. The number of carbonyl (C=O) groups is 2. The number of imidazole rings is 2. The molecular formula is C40H46N8O2. The van der Waals surface area contributed by atoms with Gasteiger partial charge in [-0.3, -0.25) is 19.4 Å². The molecule has 4 saturated heterocycles. The Hall–Kier alpha value is -4.54. The number of benzene rings is 3. The molecule has 2 amide bonds. The van der Waals surface area contributed by atoms with Crippen LogP contribution in [0, 0.1) is 0 Å². The Morgan fingerprint density at radius 3 is 1.36 bits per heavy atom. The minimum absolute atomic E-state index is 0.00281. The summed E-state index contributed by atoms with van der Waals surface area (Å²) in [6.07, 6.45) is 7.96. The number of rotatable bonds is 6. The van der Waals surface area contributed by atoms with Crippen molar-refractivity contribution in [2.24, 2.45) is 0 Å². The molecule has 6 heterocycles. The largest absolute Gasteiger partial charge is 0.340 e. The van der Waals surface area contributed by atoms with Crippen LogP contribution in [0.4, 0.5) is 0 Å². The zero-order chi connectivity index (χ0) is 33.9. The van der Waals surface area contributed by atoms with E-state index in [4.69, 9.17) is 9.97 Å². The normalized spacial score (nSPS) is 24.8. The summed E-state index contributed by atoms with van der Waals surface area (Å²) in [4.78, 5) is 52.5. The van der Waals surface area contributed by atoms with Crippen molar-refractivity contribution in [3.8, 4) is 22.3 Å². The number of nitrogens with zero attached hydrogens (tertiary/aromatic N) is 6. The number of fused-ring (bicyclic) bond motifs is 2. The first-order valence-electron chi connectivity index (χ1n) is 18.5. The molecule has 0 bridgehead atoms.